The van der Waals surface area contributed by atoms with Gasteiger partial charge in [-0.05, 0) is 6.92 Å². The molecule has 1 atom stereocenters. The van der Waals surface area contributed by atoms with Crippen molar-refractivity contribution in [1.82, 2.24) is 0 Å². The van der Waals surface area contributed by atoms with E-state index in [1.54, 1.807) is 0 Å². The van der Waals surface area contributed by atoms with E-state index in [4.69, 9.17) is 5.73 Å². The first-order chi connectivity index (χ1) is 6.11. The molecule has 0 heterocycles. The number of amides is 2. The summed E-state index contributed by atoms with van der Waals surface area (Å²) in [6.07, 6.45) is 0. The van der Waals surface area contributed by atoms with Gasteiger partial charge in [-0.2, -0.15) is 0 Å². The third-order valence-electron chi connectivity index (χ3n) is 0.372. The van der Waals surface area contributed by atoms with Crippen molar-refractivity contribution in [3.63, 3.8) is 0 Å². The first kappa shape index (κ1) is 23.9. The second-order valence-electron chi connectivity index (χ2n) is 2.33. The van der Waals surface area contributed by atoms with Gasteiger partial charge in [0.15, 0.2) is 0 Å². The van der Waals surface area contributed by atoms with E-state index in [1.807, 2.05) is 0 Å². The molecule has 0 rings (SSSR count). The number of carbonyl (C=O) groups excluding carboxylic acids is 3. The molecule has 7 nitrogen and oxygen atoms in total. The Hall–Kier alpha value is -0.630. The second kappa shape index (κ2) is 15.8. The fraction of sp³-hybridized carbons (Fsp3) is 0.571. The van der Waals surface area contributed by atoms with Crippen LogP contribution in [0.15, 0.2) is 0 Å². The standard InChI is InChI=1S/C3H7NO2.2C2H5NO.Na/c1-2(4)3(5)6;2*1-2(3)4;/h2H,4H2,1H3,(H,5,6);2*1H3,(H2,3,4);/q;;;+1/p-1/t2-;;;/m0.../s1. The summed E-state index contributed by atoms with van der Waals surface area (Å²) in [5.74, 6) is -1.88. The summed E-state index contributed by atoms with van der Waals surface area (Å²) in [7, 11) is 0. The molecule has 6 N–H and O–H groups in total. The summed E-state index contributed by atoms with van der Waals surface area (Å²) in [5.41, 5.74) is 13.7. The molecule has 0 aliphatic rings. The van der Waals surface area contributed by atoms with Crippen molar-refractivity contribution in [1.29, 1.82) is 0 Å². The molecule has 0 aliphatic heterocycles. The minimum atomic E-state index is -1.21. The Balaban J connectivity index is -0.0000000606. The molecule has 0 saturated carbocycles. The zero-order chi connectivity index (χ0) is 12.3. The van der Waals surface area contributed by atoms with Gasteiger partial charge >= 0.3 is 29.6 Å². The van der Waals surface area contributed by atoms with E-state index < -0.39 is 12.0 Å². The van der Waals surface area contributed by atoms with E-state index in [0.29, 0.717) is 0 Å². The van der Waals surface area contributed by atoms with Gasteiger partial charge < -0.3 is 27.1 Å². The molecule has 0 aromatic rings. The topological polar surface area (TPSA) is 152 Å². The Labute approximate surface area is 111 Å². The number of hydrogen-bond acceptors (Lipinski definition) is 5. The van der Waals surface area contributed by atoms with Gasteiger partial charge in [0.2, 0.25) is 11.8 Å². The van der Waals surface area contributed by atoms with Crippen molar-refractivity contribution >= 4 is 17.8 Å². The number of aliphatic carboxylic acids is 1. The van der Waals surface area contributed by atoms with Crippen molar-refractivity contribution in [2.45, 2.75) is 26.8 Å². The molecule has 0 bridgehead atoms. The fourth-order valence-electron chi connectivity index (χ4n) is 0. The quantitative estimate of drug-likeness (QED) is 0.382. The summed E-state index contributed by atoms with van der Waals surface area (Å²) < 4.78 is 0. The first-order valence-corrected chi connectivity index (χ1v) is 3.59. The van der Waals surface area contributed by atoms with E-state index in [2.05, 4.69) is 11.5 Å². The zero-order valence-corrected chi connectivity index (χ0v) is 11.4. The van der Waals surface area contributed by atoms with Crippen molar-refractivity contribution < 1.29 is 49.0 Å². The van der Waals surface area contributed by atoms with Crippen LogP contribution < -0.4 is 51.9 Å². The van der Waals surface area contributed by atoms with E-state index >= 15 is 0 Å². The maximum Gasteiger partial charge on any atom is 1.00 e. The zero-order valence-electron chi connectivity index (χ0n) is 9.44. The van der Waals surface area contributed by atoms with Crippen LogP contribution in [0, 0.1) is 0 Å². The van der Waals surface area contributed by atoms with Gasteiger partial charge in [-0.3, -0.25) is 9.59 Å². The van der Waals surface area contributed by atoms with Crippen LogP contribution in [0.3, 0.4) is 0 Å². The summed E-state index contributed by atoms with van der Waals surface area (Å²) in [6.45, 7) is 3.97. The molecular weight excluding hydrogens is 213 g/mol. The van der Waals surface area contributed by atoms with Gasteiger partial charge in [0.1, 0.15) is 0 Å². The number of carbonyl (C=O) groups is 3. The van der Waals surface area contributed by atoms with Gasteiger partial charge in [-0.1, -0.05) is 0 Å². The van der Waals surface area contributed by atoms with Crippen molar-refractivity contribution in [3.05, 3.63) is 0 Å². The number of hydrogen-bond donors (Lipinski definition) is 3. The van der Waals surface area contributed by atoms with Crippen molar-refractivity contribution in [2.24, 2.45) is 17.2 Å². The van der Waals surface area contributed by atoms with Crippen LogP contribution in [0.5, 0.6) is 0 Å². The van der Waals surface area contributed by atoms with Crippen LogP contribution in [-0.4, -0.2) is 23.8 Å². The Morgan fingerprint density at radius 2 is 1.13 bits per heavy atom. The van der Waals surface area contributed by atoms with Crippen LogP contribution in [0.25, 0.3) is 0 Å². The number of rotatable bonds is 1. The first-order valence-electron chi connectivity index (χ1n) is 3.59. The minimum Gasteiger partial charge on any atom is -0.548 e. The van der Waals surface area contributed by atoms with Gasteiger partial charge in [0, 0.05) is 19.9 Å². The number of carboxylic acids is 1. The molecule has 0 spiro atoms. The Kier molecular flexibility index (Phi) is 25.2. The van der Waals surface area contributed by atoms with E-state index in [-0.39, 0.29) is 41.4 Å². The smallest absolute Gasteiger partial charge is 0.548 e. The molecule has 0 unspecified atom stereocenters. The predicted molar refractivity (Wildman–Crippen MR) is 48.4 cm³/mol. The average Bonchev–Trinajstić information content (AvgIpc) is 1.83. The molecule has 15 heavy (non-hydrogen) atoms. The number of nitrogens with two attached hydrogens (primary N) is 3. The average molecular weight is 229 g/mol. The van der Waals surface area contributed by atoms with E-state index in [1.165, 1.54) is 20.8 Å². The van der Waals surface area contributed by atoms with Gasteiger partial charge in [-0.15, -0.1) is 0 Å². The summed E-state index contributed by atoms with van der Waals surface area (Å²) in [6, 6.07) is -0.843. The summed E-state index contributed by atoms with van der Waals surface area (Å²) in [5, 5.41) is 9.46. The van der Waals surface area contributed by atoms with Crippen LogP contribution in [0.2, 0.25) is 0 Å². The molecule has 0 aromatic carbocycles. The SMILES string of the molecule is CC(N)=O.CC(N)=O.C[C@H](N)C(=O)[O-].[Na+]. The second-order valence-corrected chi connectivity index (χ2v) is 2.33. The van der Waals surface area contributed by atoms with E-state index in [9.17, 15) is 19.5 Å². The molecule has 0 fully saturated rings. The van der Waals surface area contributed by atoms with Gasteiger partial charge in [-0.25, -0.2) is 0 Å². The van der Waals surface area contributed by atoms with Gasteiger partial charge in [0.25, 0.3) is 0 Å². The monoisotopic (exact) mass is 229 g/mol. The maximum atomic E-state index is 9.46. The predicted octanol–water partition coefficient (Wildman–Crippen LogP) is -5.93. The molecule has 0 aromatic heterocycles. The molecule has 0 radical (unpaired) electrons. The van der Waals surface area contributed by atoms with Crippen LogP contribution in [0.4, 0.5) is 0 Å². The summed E-state index contributed by atoms with van der Waals surface area (Å²) >= 11 is 0. The van der Waals surface area contributed by atoms with Crippen LogP contribution in [-0.2, 0) is 14.4 Å². The Morgan fingerprint density at radius 1 is 1.07 bits per heavy atom. The molecule has 0 aliphatic carbocycles. The van der Waals surface area contributed by atoms with Crippen LogP contribution >= 0.6 is 0 Å². The largest absolute Gasteiger partial charge is 1.00 e. The Bertz CT molecular complexity index is 177. The number of carboxylic acid groups (broad SMARTS) is 1. The van der Waals surface area contributed by atoms with Crippen molar-refractivity contribution in [3.8, 4) is 0 Å². The molecule has 84 valence electrons. The Morgan fingerprint density at radius 3 is 1.13 bits per heavy atom. The number of primary amides is 2. The third-order valence-corrected chi connectivity index (χ3v) is 0.372. The summed E-state index contributed by atoms with van der Waals surface area (Å²) in [4.78, 5) is 27.9. The fourth-order valence-corrected chi connectivity index (χ4v) is 0. The molecule has 2 amide bonds. The minimum absolute atomic E-state index is 0. The molecule has 8 heteroatoms. The van der Waals surface area contributed by atoms with Crippen molar-refractivity contribution in [2.75, 3.05) is 0 Å². The van der Waals surface area contributed by atoms with Crippen LogP contribution in [0.1, 0.15) is 20.8 Å². The normalized spacial score (nSPS) is 8.80. The maximum absolute atomic E-state index is 9.46. The third kappa shape index (κ3) is 152. The van der Waals surface area contributed by atoms with Gasteiger partial charge in [0.05, 0.1) is 5.97 Å². The van der Waals surface area contributed by atoms with E-state index in [0.717, 1.165) is 0 Å². The molecule has 0 saturated heterocycles. The molecular formula is C7H16N3NaO4.